The third kappa shape index (κ3) is 3.14. The first-order chi connectivity index (χ1) is 13.0. The van der Waals surface area contributed by atoms with E-state index in [4.69, 9.17) is 4.74 Å². The van der Waals surface area contributed by atoms with Gasteiger partial charge >= 0.3 is 0 Å². The maximum atomic E-state index is 13.6. The Kier molecular flexibility index (Phi) is 4.94. The number of hydrogen-bond acceptors (Lipinski definition) is 5. The van der Waals surface area contributed by atoms with Crippen LogP contribution in [0.25, 0.3) is 0 Å². The molecule has 0 radical (unpaired) electrons. The van der Waals surface area contributed by atoms with Crippen LogP contribution >= 0.6 is 0 Å². The second-order valence-corrected chi connectivity index (χ2v) is 8.08. The van der Waals surface area contributed by atoms with Crippen LogP contribution in [-0.2, 0) is 16.6 Å². The van der Waals surface area contributed by atoms with E-state index < -0.39 is 5.41 Å². The highest BCUT2D eigenvalue weighted by Crippen LogP contribution is 2.44. The zero-order valence-corrected chi connectivity index (χ0v) is 16.3. The number of piperidine rings is 2. The van der Waals surface area contributed by atoms with Crippen LogP contribution in [0, 0.1) is 5.41 Å². The average Bonchev–Trinajstić information content (AvgIpc) is 3.13. The number of aryl methyl sites for hydroxylation is 1. The predicted molar refractivity (Wildman–Crippen MR) is 99.2 cm³/mol. The van der Waals surface area contributed by atoms with Gasteiger partial charge < -0.3 is 24.0 Å². The molecule has 0 aliphatic carbocycles. The Bertz CT molecular complexity index is 714. The molecule has 4 heterocycles. The molecule has 1 aromatic rings. The largest absolute Gasteiger partial charge is 0.378 e. The van der Waals surface area contributed by atoms with Gasteiger partial charge in [0.1, 0.15) is 5.69 Å². The summed E-state index contributed by atoms with van der Waals surface area (Å²) in [6, 6.07) is -0.0947. The number of hydrogen-bond donors (Lipinski definition) is 0. The maximum absolute atomic E-state index is 13.6. The van der Waals surface area contributed by atoms with Crippen LogP contribution in [-0.4, -0.2) is 95.1 Å². The molecular weight excluding hydrogens is 346 g/mol. The molecule has 8 nitrogen and oxygen atoms in total. The standard InChI is InChI=1S/C19H29N5O3/c1-21-7-5-19(18(26)23-8-10-27-11-9-23)4-3-6-24(16(19)13-21)17(25)15-12-20-14-22(15)2/h12,14,16H,3-11,13H2,1-2H3/t16-,19+/m0/s1. The van der Waals surface area contributed by atoms with Gasteiger partial charge in [0, 0.05) is 33.2 Å². The number of morpholine rings is 1. The molecule has 3 aliphatic rings. The summed E-state index contributed by atoms with van der Waals surface area (Å²) in [5.41, 5.74) is 0.106. The summed E-state index contributed by atoms with van der Waals surface area (Å²) in [6.07, 6.45) is 5.79. The van der Waals surface area contributed by atoms with Crippen molar-refractivity contribution in [1.29, 1.82) is 0 Å². The van der Waals surface area contributed by atoms with Crippen molar-refractivity contribution in [2.75, 3.05) is 53.0 Å². The minimum absolute atomic E-state index is 0.0193. The monoisotopic (exact) mass is 375 g/mol. The van der Waals surface area contributed by atoms with Gasteiger partial charge in [0.25, 0.3) is 5.91 Å². The van der Waals surface area contributed by atoms with E-state index in [0.29, 0.717) is 38.5 Å². The van der Waals surface area contributed by atoms with Gasteiger partial charge in [0.2, 0.25) is 5.91 Å². The molecule has 2 atom stereocenters. The molecule has 3 aliphatic heterocycles. The van der Waals surface area contributed by atoms with Crippen LogP contribution in [0.4, 0.5) is 0 Å². The van der Waals surface area contributed by atoms with Crippen LogP contribution < -0.4 is 0 Å². The summed E-state index contributed by atoms with van der Waals surface area (Å²) in [5, 5.41) is 0. The zero-order valence-electron chi connectivity index (χ0n) is 16.3. The fraction of sp³-hybridized carbons (Fsp3) is 0.737. The van der Waals surface area contributed by atoms with Crippen LogP contribution in [0.1, 0.15) is 29.8 Å². The molecule has 0 unspecified atom stereocenters. The highest BCUT2D eigenvalue weighted by atomic mass is 16.5. The lowest BCUT2D eigenvalue weighted by Crippen LogP contribution is -2.67. The molecule has 3 fully saturated rings. The Morgan fingerprint density at radius 3 is 2.63 bits per heavy atom. The molecule has 8 heteroatoms. The summed E-state index contributed by atoms with van der Waals surface area (Å²) >= 11 is 0. The average molecular weight is 375 g/mol. The van der Waals surface area contributed by atoms with Gasteiger partial charge in [-0.2, -0.15) is 0 Å². The van der Waals surface area contributed by atoms with Gasteiger partial charge in [-0.1, -0.05) is 0 Å². The van der Waals surface area contributed by atoms with E-state index in [1.165, 1.54) is 0 Å². The number of likely N-dealkylation sites (tertiary alicyclic amines) is 2. The molecule has 0 bridgehead atoms. The van der Waals surface area contributed by atoms with Crippen molar-refractivity contribution in [2.45, 2.75) is 25.3 Å². The first kappa shape index (κ1) is 18.4. The Morgan fingerprint density at radius 2 is 1.93 bits per heavy atom. The summed E-state index contributed by atoms with van der Waals surface area (Å²) in [4.78, 5) is 37.2. The lowest BCUT2D eigenvalue weighted by Gasteiger charge is -2.54. The number of nitrogens with zero attached hydrogens (tertiary/aromatic N) is 5. The van der Waals surface area contributed by atoms with Crippen molar-refractivity contribution in [1.82, 2.24) is 24.3 Å². The lowest BCUT2D eigenvalue weighted by molar-refractivity contribution is -0.157. The fourth-order valence-electron chi connectivity index (χ4n) is 4.92. The van der Waals surface area contributed by atoms with Crippen molar-refractivity contribution in [3.8, 4) is 0 Å². The van der Waals surface area contributed by atoms with Crippen molar-refractivity contribution >= 4 is 11.8 Å². The number of aromatic nitrogens is 2. The Hall–Kier alpha value is -1.93. The van der Waals surface area contributed by atoms with Crippen LogP contribution in [0.15, 0.2) is 12.5 Å². The van der Waals surface area contributed by atoms with Crippen molar-refractivity contribution in [3.63, 3.8) is 0 Å². The number of amides is 2. The van der Waals surface area contributed by atoms with E-state index in [0.717, 1.165) is 32.4 Å². The van der Waals surface area contributed by atoms with Gasteiger partial charge in [0.15, 0.2) is 0 Å². The number of fused-ring (bicyclic) bond motifs is 1. The summed E-state index contributed by atoms with van der Waals surface area (Å²) < 4.78 is 7.19. The number of imidazole rings is 1. The smallest absolute Gasteiger partial charge is 0.272 e. The van der Waals surface area contributed by atoms with E-state index >= 15 is 0 Å². The van der Waals surface area contributed by atoms with E-state index in [1.54, 1.807) is 17.1 Å². The minimum Gasteiger partial charge on any atom is -0.378 e. The van der Waals surface area contributed by atoms with E-state index in [9.17, 15) is 9.59 Å². The van der Waals surface area contributed by atoms with Gasteiger partial charge in [-0.15, -0.1) is 0 Å². The molecule has 0 saturated carbocycles. The molecule has 0 aromatic carbocycles. The summed E-state index contributed by atoms with van der Waals surface area (Å²) in [7, 11) is 3.91. The SMILES string of the molecule is CN1CC[C@]2(C(=O)N3CCOCC3)CCCN(C(=O)c3cncn3C)[C@H]2C1. The molecule has 27 heavy (non-hydrogen) atoms. The third-order valence-electron chi connectivity index (χ3n) is 6.48. The van der Waals surface area contributed by atoms with Gasteiger partial charge in [0.05, 0.1) is 37.2 Å². The summed E-state index contributed by atoms with van der Waals surface area (Å²) in [6.45, 7) is 4.83. The minimum atomic E-state index is -0.476. The first-order valence-electron chi connectivity index (χ1n) is 9.86. The normalized spacial score (nSPS) is 29.5. The van der Waals surface area contributed by atoms with E-state index in [-0.39, 0.29) is 17.9 Å². The molecular formula is C19H29N5O3. The van der Waals surface area contributed by atoms with E-state index in [2.05, 4.69) is 16.9 Å². The second kappa shape index (κ2) is 7.24. The molecule has 2 amide bonds. The molecule has 4 rings (SSSR count). The molecule has 148 valence electrons. The molecule has 0 N–H and O–H groups in total. The van der Waals surface area contributed by atoms with Crippen LogP contribution in [0.2, 0.25) is 0 Å². The number of carbonyl (C=O) groups is 2. The quantitative estimate of drug-likeness (QED) is 0.739. The highest BCUT2D eigenvalue weighted by Gasteiger charge is 2.55. The Balaban J connectivity index is 1.66. The van der Waals surface area contributed by atoms with Crippen LogP contribution in [0.5, 0.6) is 0 Å². The Labute approximate surface area is 160 Å². The number of likely N-dealkylation sites (N-methyl/N-ethyl adjacent to an activating group) is 1. The van der Waals surface area contributed by atoms with Gasteiger partial charge in [-0.3, -0.25) is 9.59 Å². The van der Waals surface area contributed by atoms with Crippen molar-refractivity contribution in [2.24, 2.45) is 12.5 Å². The number of carbonyl (C=O) groups excluding carboxylic acids is 2. The second-order valence-electron chi connectivity index (χ2n) is 8.08. The van der Waals surface area contributed by atoms with E-state index in [1.807, 2.05) is 16.8 Å². The first-order valence-corrected chi connectivity index (χ1v) is 9.86. The summed E-state index contributed by atoms with van der Waals surface area (Å²) in [5.74, 6) is 0.195. The number of ether oxygens (including phenoxy) is 1. The van der Waals surface area contributed by atoms with Gasteiger partial charge in [-0.05, 0) is 32.9 Å². The molecule has 0 spiro atoms. The Morgan fingerprint density at radius 1 is 1.15 bits per heavy atom. The van der Waals surface area contributed by atoms with Gasteiger partial charge in [-0.25, -0.2) is 4.98 Å². The fourth-order valence-corrected chi connectivity index (χ4v) is 4.92. The zero-order chi connectivity index (χ0) is 19.0. The van der Waals surface area contributed by atoms with Crippen LogP contribution in [0.3, 0.4) is 0 Å². The predicted octanol–water partition coefficient (Wildman–Crippen LogP) is 0.205. The highest BCUT2D eigenvalue weighted by molar-refractivity contribution is 5.94. The van der Waals surface area contributed by atoms with Crippen molar-refractivity contribution < 1.29 is 14.3 Å². The lowest BCUT2D eigenvalue weighted by atomic mass is 9.67. The van der Waals surface area contributed by atoms with Crippen molar-refractivity contribution in [3.05, 3.63) is 18.2 Å². The number of rotatable bonds is 2. The maximum Gasteiger partial charge on any atom is 0.272 e. The molecule has 3 saturated heterocycles. The third-order valence-corrected chi connectivity index (χ3v) is 6.48. The molecule has 1 aromatic heterocycles. The topological polar surface area (TPSA) is 70.9 Å².